The van der Waals surface area contributed by atoms with Crippen molar-refractivity contribution in [1.82, 2.24) is 4.90 Å². The van der Waals surface area contributed by atoms with Crippen molar-refractivity contribution in [3.8, 4) is 5.75 Å². The van der Waals surface area contributed by atoms with Crippen LogP contribution < -0.4 is 0 Å². The Morgan fingerprint density at radius 1 is 1.33 bits per heavy atom. The quantitative estimate of drug-likeness (QED) is 0.821. The first-order valence-corrected chi connectivity index (χ1v) is 6.38. The predicted molar refractivity (Wildman–Crippen MR) is 66.6 cm³/mol. The summed E-state index contributed by atoms with van der Waals surface area (Å²) in [4.78, 5) is 14.2. The van der Waals surface area contributed by atoms with E-state index in [-0.39, 0.29) is 23.9 Å². The smallest absolute Gasteiger partial charge is 0.257 e. The Labute approximate surface area is 106 Å². The molecule has 96 valence electrons. The monoisotopic (exact) mass is 247 g/mol. The molecule has 0 aliphatic carbocycles. The number of phenolic OH excluding ortho intramolecular Hbond substituents is 1. The van der Waals surface area contributed by atoms with Crippen LogP contribution in [0.2, 0.25) is 0 Å². The maximum absolute atomic E-state index is 12.4. The summed E-state index contributed by atoms with van der Waals surface area (Å²) in [5.74, 6) is -0.0270. The number of carbonyl (C=O) groups is 1. The summed E-state index contributed by atoms with van der Waals surface area (Å²) < 4.78 is 5.71. The SMILES string of the molecule is Cc1ccc(O)c(C(=O)N2CC3CCC(C2)O3)c1. The predicted octanol–water partition coefficient (Wildman–Crippen LogP) is 1.70. The second kappa shape index (κ2) is 4.28. The maximum Gasteiger partial charge on any atom is 0.257 e. The van der Waals surface area contributed by atoms with Crippen molar-refractivity contribution < 1.29 is 14.6 Å². The van der Waals surface area contributed by atoms with Crippen LogP contribution >= 0.6 is 0 Å². The van der Waals surface area contributed by atoms with Gasteiger partial charge < -0.3 is 14.7 Å². The van der Waals surface area contributed by atoms with Gasteiger partial charge in [0.15, 0.2) is 0 Å². The minimum atomic E-state index is -0.0867. The van der Waals surface area contributed by atoms with Gasteiger partial charge in [-0.05, 0) is 31.9 Å². The number of fused-ring (bicyclic) bond motifs is 2. The van der Waals surface area contributed by atoms with Crippen LogP contribution in [0, 0.1) is 6.92 Å². The van der Waals surface area contributed by atoms with E-state index >= 15 is 0 Å². The van der Waals surface area contributed by atoms with E-state index in [9.17, 15) is 9.90 Å². The van der Waals surface area contributed by atoms with E-state index in [1.165, 1.54) is 0 Å². The Hall–Kier alpha value is -1.55. The molecule has 2 bridgehead atoms. The van der Waals surface area contributed by atoms with E-state index in [0.717, 1.165) is 18.4 Å². The van der Waals surface area contributed by atoms with Gasteiger partial charge in [-0.1, -0.05) is 11.6 Å². The van der Waals surface area contributed by atoms with Gasteiger partial charge in [0.2, 0.25) is 0 Å². The van der Waals surface area contributed by atoms with Gasteiger partial charge >= 0.3 is 0 Å². The Kier molecular flexibility index (Phi) is 2.74. The summed E-state index contributed by atoms with van der Waals surface area (Å²) in [6, 6.07) is 5.13. The molecular formula is C14H17NO3. The number of carbonyl (C=O) groups excluding carboxylic acids is 1. The molecule has 4 heteroatoms. The minimum absolute atomic E-state index is 0.0597. The molecule has 1 aromatic carbocycles. The first-order chi connectivity index (χ1) is 8.63. The number of amides is 1. The number of phenols is 1. The molecule has 1 aromatic rings. The van der Waals surface area contributed by atoms with Crippen LogP contribution in [-0.4, -0.2) is 41.2 Å². The third-order valence-electron chi connectivity index (χ3n) is 3.71. The largest absolute Gasteiger partial charge is 0.507 e. The highest BCUT2D eigenvalue weighted by atomic mass is 16.5. The zero-order valence-corrected chi connectivity index (χ0v) is 10.4. The summed E-state index contributed by atoms with van der Waals surface area (Å²) in [7, 11) is 0. The lowest BCUT2D eigenvalue weighted by Gasteiger charge is -2.32. The lowest BCUT2D eigenvalue weighted by Crippen LogP contribution is -2.45. The normalized spacial score (nSPS) is 26.4. The van der Waals surface area contributed by atoms with Gasteiger partial charge in [0.05, 0.1) is 17.8 Å². The second-order valence-corrected chi connectivity index (χ2v) is 5.19. The summed E-state index contributed by atoms with van der Waals surface area (Å²) in [5, 5.41) is 9.80. The number of morpholine rings is 1. The van der Waals surface area contributed by atoms with Crippen molar-refractivity contribution >= 4 is 5.91 Å². The Balaban J connectivity index is 1.84. The highest BCUT2D eigenvalue weighted by Crippen LogP contribution is 2.28. The number of nitrogens with zero attached hydrogens (tertiary/aromatic N) is 1. The molecule has 2 atom stereocenters. The van der Waals surface area contributed by atoms with Gasteiger partial charge in [0.1, 0.15) is 5.75 Å². The average Bonchev–Trinajstić information content (AvgIpc) is 2.70. The molecule has 0 saturated carbocycles. The van der Waals surface area contributed by atoms with Crippen LogP contribution in [0.1, 0.15) is 28.8 Å². The van der Waals surface area contributed by atoms with Gasteiger partial charge in [0.25, 0.3) is 5.91 Å². The van der Waals surface area contributed by atoms with Gasteiger partial charge in [0, 0.05) is 13.1 Å². The number of aromatic hydroxyl groups is 1. The van der Waals surface area contributed by atoms with E-state index < -0.39 is 0 Å². The molecule has 2 saturated heterocycles. The maximum atomic E-state index is 12.4. The number of benzene rings is 1. The first kappa shape index (κ1) is 11.5. The standard InChI is InChI=1S/C14H17NO3/c1-9-2-5-13(16)12(6-9)14(17)15-7-10-3-4-11(8-15)18-10/h2,5-6,10-11,16H,3-4,7-8H2,1H3. The van der Waals surface area contributed by atoms with Crippen LogP contribution in [0.5, 0.6) is 5.75 Å². The third-order valence-corrected chi connectivity index (χ3v) is 3.71. The summed E-state index contributed by atoms with van der Waals surface area (Å²) in [5.41, 5.74) is 1.38. The van der Waals surface area contributed by atoms with Crippen LogP contribution in [0.15, 0.2) is 18.2 Å². The number of aryl methyl sites for hydroxylation is 1. The molecule has 0 spiro atoms. The van der Waals surface area contributed by atoms with Gasteiger partial charge in [-0.25, -0.2) is 0 Å². The molecule has 0 radical (unpaired) electrons. The van der Waals surface area contributed by atoms with Crippen molar-refractivity contribution in [2.75, 3.05) is 13.1 Å². The number of hydrogen-bond donors (Lipinski definition) is 1. The third kappa shape index (κ3) is 1.97. The van der Waals surface area contributed by atoms with Gasteiger partial charge in [-0.15, -0.1) is 0 Å². The fourth-order valence-electron chi connectivity index (χ4n) is 2.77. The average molecular weight is 247 g/mol. The fraction of sp³-hybridized carbons (Fsp3) is 0.500. The highest BCUT2D eigenvalue weighted by molar-refractivity contribution is 5.97. The summed E-state index contributed by atoms with van der Waals surface area (Å²) >= 11 is 0. The number of likely N-dealkylation sites (tertiary alicyclic amines) is 1. The lowest BCUT2D eigenvalue weighted by atomic mass is 10.1. The van der Waals surface area contributed by atoms with E-state index in [1.54, 1.807) is 23.1 Å². The molecule has 1 amide bonds. The van der Waals surface area contributed by atoms with Crippen LogP contribution in [0.25, 0.3) is 0 Å². The van der Waals surface area contributed by atoms with E-state index in [0.29, 0.717) is 18.7 Å². The van der Waals surface area contributed by atoms with Crippen molar-refractivity contribution in [1.29, 1.82) is 0 Å². The fourth-order valence-corrected chi connectivity index (χ4v) is 2.77. The van der Waals surface area contributed by atoms with Crippen LogP contribution in [-0.2, 0) is 4.74 Å². The minimum Gasteiger partial charge on any atom is -0.507 e. The summed E-state index contributed by atoms with van der Waals surface area (Å²) in [6.07, 6.45) is 2.43. The molecule has 3 rings (SSSR count). The topological polar surface area (TPSA) is 49.8 Å². The van der Waals surface area contributed by atoms with Crippen molar-refractivity contribution in [2.45, 2.75) is 32.0 Å². The Morgan fingerprint density at radius 3 is 2.67 bits per heavy atom. The number of ether oxygens (including phenoxy) is 1. The Bertz CT molecular complexity index is 474. The van der Waals surface area contributed by atoms with Crippen molar-refractivity contribution in [2.24, 2.45) is 0 Å². The van der Waals surface area contributed by atoms with Crippen molar-refractivity contribution in [3.63, 3.8) is 0 Å². The van der Waals surface area contributed by atoms with E-state index in [4.69, 9.17) is 4.74 Å². The second-order valence-electron chi connectivity index (χ2n) is 5.19. The van der Waals surface area contributed by atoms with Crippen LogP contribution in [0.4, 0.5) is 0 Å². The lowest BCUT2D eigenvalue weighted by molar-refractivity contribution is -0.0304. The number of hydrogen-bond acceptors (Lipinski definition) is 3. The number of rotatable bonds is 1. The molecule has 2 aliphatic heterocycles. The zero-order valence-electron chi connectivity index (χ0n) is 10.4. The molecule has 4 nitrogen and oxygen atoms in total. The van der Waals surface area contributed by atoms with E-state index in [2.05, 4.69) is 0 Å². The Morgan fingerprint density at radius 2 is 2.00 bits per heavy atom. The molecule has 2 aliphatic rings. The molecule has 2 heterocycles. The first-order valence-electron chi connectivity index (χ1n) is 6.38. The molecule has 2 fully saturated rings. The molecule has 1 N–H and O–H groups in total. The van der Waals surface area contributed by atoms with Gasteiger partial charge in [-0.3, -0.25) is 4.79 Å². The summed E-state index contributed by atoms with van der Waals surface area (Å²) in [6.45, 7) is 3.20. The molecule has 0 aromatic heterocycles. The van der Waals surface area contributed by atoms with E-state index in [1.807, 2.05) is 6.92 Å². The van der Waals surface area contributed by atoms with Crippen molar-refractivity contribution in [3.05, 3.63) is 29.3 Å². The highest BCUT2D eigenvalue weighted by Gasteiger charge is 2.36. The zero-order chi connectivity index (χ0) is 12.7. The molecular weight excluding hydrogens is 230 g/mol. The molecule has 18 heavy (non-hydrogen) atoms. The van der Waals surface area contributed by atoms with Crippen LogP contribution in [0.3, 0.4) is 0 Å². The molecule has 2 unspecified atom stereocenters. The van der Waals surface area contributed by atoms with Gasteiger partial charge in [-0.2, -0.15) is 0 Å².